The van der Waals surface area contributed by atoms with Gasteiger partial charge in [0.1, 0.15) is 6.61 Å². The zero-order valence-corrected chi connectivity index (χ0v) is 19.6. The van der Waals surface area contributed by atoms with Gasteiger partial charge in [0, 0.05) is 19.1 Å². The summed E-state index contributed by atoms with van der Waals surface area (Å²) in [4.78, 5) is 15.0. The molecule has 1 atom stereocenters. The Morgan fingerprint density at radius 1 is 1.09 bits per heavy atom. The van der Waals surface area contributed by atoms with Crippen LogP contribution in [0.5, 0.6) is 11.5 Å². The number of benzene rings is 2. The van der Waals surface area contributed by atoms with Gasteiger partial charge in [0.2, 0.25) is 5.91 Å². The summed E-state index contributed by atoms with van der Waals surface area (Å²) in [5.74, 6) is 2.43. The number of hydrogen-bond donors (Lipinski definition) is 0. The van der Waals surface area contributed by atoms with Crippen molar-refractivity contribution in [2.75, 3.05) is 12.4 Å². The average molecular weight is 453 g/mol. The fraction of sp³-hybridized carbons (Fsp3) is 0.375. The highest BCUT2D eigenvalue weighted by molar-refractivity contribution is 7.99. The van der Waals surface area contributed by atoms with E-state index >= 15 is 0 Å². The van der Waals surface area contributed by atoms with Crippen LogP contribution in [0, 0.1) is 0 Å². The fourth-order valence-electron chi connectivity index (χ4n) is 3.55. The van der Waals surface area contributed by atoms with Crippen molar-refractivity contribution in [2.24, 2.45) is 7.05 Å². The molecule has 0 saturated carbocycles. The molecule has 1 amide bonds. The van der Waals surface area contributed by atoms with Crippen LogP contribution in [0.15, 0.2) is 59.8 Å². The average Bonchev–Trinajstić information content (AvgIpc) is 3.15. The predicted octanol–water partition coefficient (Wildman–Crippen LogP) is 4.25. The molecule has 1 aliphatic rings. The number of nitrogens with zero attached hydrogens (tertiary/aromatic N) is 4. The van der Waals surface area contributed by atoms with Gasteiger partial charge >= 0.3 is 0 Å². The predicted molar refractivity (Wildman–Crippen MR) is 124 cm³/mol. The van der Waals surface area contributed by atoms with Crippen LogP contribution < -0.4 is 9.47 Å². The maximum Gasteiger partial charge on any atom is 0.233 e. The van der Waals surface area contributed by atoms with E-state index in [1.807, 2.05) is 71.1 Å². The molecule has 0 bridgehead atoms. The Bertz CT molecular complexity index is 1080. The minimum atomic E-state index is -0.350. The molecule has 2 heterocycles. The van der Waals surface area contributed by atoms with E-state index < -0.39 is 0 Å². The number of carbonyl (C=O) groups is 1. The zero-order chi connectivity index (χ0) is 22.7. The van der Waals surface area contributed by atoms with Crippen molar-refractivity contribution in [3.8, 4) is 11.5 Å². The van der Waals surface area contributed by atoms with Crippen molar-refractivity contribution in [3.63, 3.8) is 0 Å². The molecule has 0 saturated heterocycles. The Kier molecular flexibility index (Phi) is 6.41. The zero-order valence-electron chi connectivity index (χ0n) is 18.8. The molecule has 2 aromatic carbocycles. The summed E-state index contributed by atoms with van der Waals surface area (Å²) >= 11 is 1.38. The molecule has 0 fully saturated rings. The molecule has 0 unspecified atom stereocenters. The van der Waals surface area contributed by atoms with Gasteiger partial charge in [-0.3, -0.25) is 4.79 Å². The van der Waals surface area contributed by atoms with E-state index in [2.05, 4.69) is 31.0 Å². The number of carbonyl (C=O) groups excluding carboxylic acids is 1. The minimum Gasteiger partial charge on any atom is -0.485 e. The molecule has 0 spiro atoms. The summed E-state index contributed by atoms with van der Waals surface area (Å²) in [6.45, 7) is 7.09. The number of hydrogen-bond acceptors (Lipinski definition) is 6. The Morgan fingerprint density at radius 3 is 2.50 bits per heavy atom. The third-order valence-electron chi connectivity index (χ3n) is 5.28. The molecule has 0 N–H and O–H groups in total. The number of aromatic nitrogens is 3. The van der Waals surface area contributed by atoms with E-state index in [1.165, 1.54) is 11.8 Å². The summed E-state index contributed by atoms with van der Waals surface area (Å²) in [6, 6.07) is 17.6. The standard InChI is InChI=1S/C24H28N4O3S/c1-24(2,3)28(14-17-10-6-5-7-11-17)21(29)16-32-23-26-25-22(27(23)4)20-15-30-18-12-8-9-13-19(18)31-20/h5-13,20H,14-16H2,1-4H3/t20-/m1/s1. The molecule has 4 rings (SSSR count). The molecule has 8 heteroatoms. The summed E-state index contributed by atoms with van der Waals surface area (Å²) in [7, 11) is 1.89. The van der Waals surface area contributed by atoms with Crippen LogP contribution in [0.1, 0.15) is 38.3 Å². The van der Waals surface area contributed by atoms with Crippen molar-refractivity contribution in [2.45, 2.75) is 44.1 Å². The molecule has 0 radical (unpaired) electrons. The van der Waals surface area contributed by atoms with Gasteiger partial charge in [-0.1, -0.05) is 54.2 Å². The summed E-state index contributed by atoms with van der Waals surface area (Å²) in [5, 5.41) is 9.28. The third-order valence-corrected chi connectivity index (χ3v) is 6.29. The summed E-state index contributed by atoms with van der Waals surface area (Å²) in [6.07, 6.45) is -0.350. The van der Waals surface area contributed by atoms with E-state index in [1.54, 1.807) is 0 Å². The number of thioether (sulfide) groups is 1. The van der Waals surface area contributed by atoms with E-state index in [9.17, 15) is 4.79 Å². The Balaban J connectivity index is 1.42. The molecule has 32 heavy (non-hydrogen) atoms. The van der Waals surface area contributed by atoms with Crippen LogP contribution in [0.3, 0.4) is 0 Å². The van der Waals surface area contributed by atoms with E-state index in [0.717, 1.165) is 11.3 Å². The molecule has 168 valence electrons. The van der Waals surface area contributed by atoms with Gasteiger partial charge in [-0.2, -0.15) is 0 Å². The largest absolute Gasteiger partial charge is 0.485 e. The second-order valence-electron chi connectivity index (χ2n) is 8.69. The first kappa shape index (κ1) is 22.2. The van der Waals surface area contributed by atoms with Gasteiger partial charge in [-0.05, 0) is 38.5 Å². The van der Waals surface area contributed by atoms with Crippen LogP contribution in [-0.2, 0) is 18.4 Å². The van der Waals surface area contributed by atoms with E-state index in [4.69, 9.17) is 9.47 Å². The summed E-state index contributed by atoms with van der Waals surface area (Å²) < 4.78 is 13.7. The van der Waals surface area contributed by atoms with Gasteiger partial charge in [-0.25, -0.2) is 0 Å². The molecule has 1 aliphatic heterocycles. The topological polar surface area (TPSA) is 69.5 Å². The quantitative estimate of drug-likeness (QED) is 0.521. The number of amides is 1. The molecule has 0 aliphatic carbocycles. The Hall–Kier alpha value is -3.00. The van der Waals surface area contributed by atoms with Crippen LogP contribution in [0.2, 0.25) is 0 Å². The third kappa shape index (κ3) is 4.91. The van der Waals surface area contributed by atoms with Gasteiger partial charge in [0.25, 0.3) is 0 Å². The van der Waals surface area contributed by atoms with Crippen LogP contribution in [0.25, 0.3) is 0 Å². The Labute approximate surface area is 192 Å². The van der Waals surface area contributed by atoms with Gasteiger partial charge in [-0.15, -0.1) is 10.2 Å². The van der Waals surface area contributed by atoms with Crippen LogP contribution in [-0.4, -0.2) is 43.5 Å². The smallest absolute Gasteiger partial charge is 0.233 e. The minimum absolute atomic E-state index is 0.0575. The van der Waals surface area contributed by atoms with Gasteiger partial charge in [0.15, 0.2) is 28.6 Å². The Morgan fingerprint density at radius 2 is 1.78 bits per heavy atom. The number of ether oxygens (including phenoxy) is 2. The normalized spacial score (nSPS) is 15.4. The second-order valence-corrected chi connectivity index (χ2v) is 9.63. The first-order chi connectivity index (χ1) is 15.3. The molecule has 7 nitrogen and oxygen atoms in total. The van der Waals surface area contributed by atoms with Gasteiger partial charge < -0.3 is 18.9 Å². The molecule has 3 aromatic rings. The maximum atomic E-state index is 13.1. The highest BCUT2D eigenvalue weighted by Crippen LogP contribution is 2.35. The van der Waals surface area contributed by atoms with Crippen LogP contribution in [0.4, 0.5) is 0 Å². The monoisotopic (exact) mass is 452 g/mol. The highest BCUT2D eigenvalue weighted by atomic mass is 32.2. The van der Waals surface area contributed by atoms with Gasteiger partial charge in [0.05, 0.1) is 5.75 Å². The molecular weight excluding hydrogens is 424 g/mol. The molecule has 1 aromatic heterocycles. The lowest BCUT2D eigenvalue weighted by atomic mass is 10.0. The summed E-state index contributed by atoms with van der Waals surface area (Å²) in [5.41, 5.74) is 0.815. The van der Waals surface area contributed by atoms with Crippen LogP contribution >= 0.6 is 11.8 Å². The lowest BCUT2D eigenvalue weighted by Crippen LogP contribution is -2.45. The lowest BCUT2D eigenvalue weighted by molar-refractivity contribution is -0.133. The van der Waals surface area contributed by atoms with Crippen molar-refractivity contribution in [1.82, 2.24) is 19.7 Å². The van der Waals surface area contributed by atoms with Crippen molar-refractivity contribution >= 4 is 17.7 Å². The van der Waals surface area contributed by atoms with Crippen molar-refractivity contribution in [1.29, 1.82) is 0 Å². The first-order valence-electron chi connectivity index (χ1n) is 10.6. The lowest BCUT2D eigenvalue weighted by Gasteiger charge is -2.36. The highest BCUT2D eigenvalue weighted by Gasteiger charge is 2.29. The first-order valence-corrected chi connectivity index (χ1v) is 11.6. The van der Waals surface area contributed by atoms with Crippen molar-refractivity contribution in [3.05, 3.63) is 66.0 Å². The van der Waals surface area contributed by atoms with Crippen molar-refractivity contribution < 1.29 is 14.3 Å². The second kappa shape index (κ2) is 9.24. The fourth-order valence-corrected chi connectivity index (χ4v) is 4.34. The van der Waals surface area contributed by atoms with E-state index in [-0.39, 0.29) is 23.3 Å². The number of para-hydroxylation sites is 2. The van der Waals surface area contributed by atoms with E-state index in [0.29, 0.717) is 29.9 Å². The number of rotatable bonds is 6. The maximum absolute atomic E-state index is 13.1. The molecular formula is C24H28N4O3S. The SMILES string of the molecule is Cn1c(SCC(=O)N(Cc2ccccc2)C(C)(C)C)nnc1[C@H]1COc2ccccc2O1. The number of fused-ring (bicyclic) bond motifs is 1.